The van der Waals surface area contributed by atoms with Gasteiger partial charge in [-0.3, -0.25) is 9.69 Å². The molecular weight excluding hydrogens is 563 g/mol. The van der Waals surface area contributed by atoms with Gasteiger partial charge in [0.05, 0.1) is 43.8 Å². The number of halogens is 1. The van der Waals surface area contributed by atoms with Crippen LogP contribution in [0.1, 0.15) is 60.5 Å². The average Bonchev–Trinajstić information content (AvgIpc) is 3.56. The van der Waals surface area contributed by atoms with E-state index in [0.29, 0.717) is 43.4 Å². The van der Waals surface area contributed by atoms with E-state index in [2.05, 4.69) is 0 Å². The molecule has 2 heterocycles. The summed E-state index contributed by atoms with van der Waals surface area (Å²) in [6.07, 6.45) is 1.48. The summed E-state index contributed by atoms with van der Waals surface area (Å²) in [5.74, 6) is -0.533. The molecule has 0 bridgehead atoms. The summed E-state index contributed by atoms with van der Waals surface area (Å²) in [6.45, 7) is 9.47. The Bertz CT molecular complexity index is 1250. The number of thioether (sulfide) groups is 1. The van der Waals surface area contributed by atoms with Crippen molar-refractivity contribution >= 4 is 35.4 Å². The van der Waals surface area contributed by atoms with Gasteiger partial charge in [-0.25, -0.2) is 14.0 Å². The number of hydrogen-bond donors (Lipinski definition) is 0. The van der Waals surface area contributed by atoms with Crippen molar-refractivity contribution in [2.45, 2.75) is 57.6 Å². The molecule has 2 atom stereocenters. The summed E-state index contributed by atoms with van der Waals surface area (Å²) in [5.41, 5.74) is 2.14. The molecule has 4 rings (SSSR count). The van der Waals surface area contributed by atoms with Crippen molar-refractivity contribution < 1.29 is 37.7 Å². The van der Waals surface area contributed by atoms with Crippen LogP contribution in [0.5, 0.6) is 0 Å². The third-order valence-corrected chi connectivity index (χ3v) is 8.08. The molecule has 228 valence electrons. The number of carbonyl (C=O) groups excluding carboxylic acids is 3. The number of amides is 2. The minimum Gasteiger partial charge on any atom is -0.460 e. The predicted octanol–water partition coefficient (Wildman–Crippen LogP) is 5.50. The molecule has 2 aliphatic heterocycles. The Morgan fingerprint density at radius 1 is 1.02 bits per heavy atom. The number of nitrogens with zero attached hydrogens (tertiary/aromatic N) is 2. The Labute approximate surface area is 250 Å². The second-order valence-electron chi connectivity index (χ2n) is 11.3. The highest BCUT2D eigenvalue weighted by Gasteiger charge is 2.35. The van der Waals surface area contributed by atoms with Crippen LogP contribution in [0.2, 0.25) is 0 Å². The lowest BCUT2D eigenvalue weighted by Crippen LogP contribution is -2.41. The van der Waals surface area contributed by atoms with Crippen molar-refractivity contribution in [2.75, 3.05) is 50.2 Å². The van der Waals surface area contributed by atoms with E-state index in [1.807, 2.05) is 27.7 Å². The number of rotatable bonds is 11. The first-order chi connectivity index (χ1) is 20.0. The maximum atomic E-state index is 13.4. The quantitative estimate of drug-likeness (QED) is 0.246. The summed E-state index contributed by atoms with van der Waals surface area (Å²) in [7, 11) is 0. The van der Waals surface area contributed by atoms with Crippen molar-refractivity contribution in [3.63, 3.8) is 0 Å². The van der Waals surface area contributed by atoms with Crippen molar-refractivity contribution in [1.29, 1.82) is 0 Å². The monoisotopic (exact) mass is 602 g/mol. The summed E-state index contributed by atoms with van der Waals surface area (Å²) < 4.78 is 35.5. The van der Waals surface area contributed by atoms with E-state index in [9.17, 15) is 18.8 Å². The second-order valence-corrected chi connectivity index (χ2v) is 12.3. The molecule has 2 saturated heterocycles. The maximum absolute atomic E-state index is 13.4. The topological polar surface area (TPSA) is 94.6 Å². The molecule has 0 aliphatic carbocycles. The molecule has 2 aromatic carbocycles. The Morgan fingerprint density at radius 3 is 2.45 bits per heavy atom. The molecule has 2 aromatic rings. The number of likely N-dealkylation sites (tertiary alicyclic amines) is 1. The number of hydrogen-bond acceptors (Lipinski definition) is 8. The van der Waals surface area contributed by atoms with Gasteiger partial charge in [0.2, 0.25) is 5.91 Å². The first-order valence-electron chi connectivity index (χ1n) is 14.2. The van der Waals surface area contributed by atoms with E-state index in [1.54, 1.807) is 40.1 Å². The van der Waals surface area contributed by atoms with E-state index in [4.69, 9.17) is 18.9 Å². The molecule has 42 heavy (non-hydrogen) atoms. The molecule has 0 saturated carbocycles. The minimum atomic E-state index is -0.534. The van der Waals surface area contributed by atoms with Crippen molar-refractivity contribution in [2.24, 2.45) is 0 Å². The molecule has 0 aromatic heterocycles. The minimum absolute atomic E-state index is 0.00760. The lowest BCUT2D eigenvalue weighted by Gasteiger charge is -2.28. The fourth-order valence-corrected chi connectivity index (χ4v) is 6.07. The Kier molecular flexibility index (Phi) is 10.9. The first kappa shape index (κ1) is 31.8. The SMILES string of the molecule is Cc1cc(C(=O)OCCOCCOCC2CCCN2C(=O)OC(C)(C)C)ccc1N1C(=O)CSC1c1ccc(F)cc1. The van der Waals surface area contributed by atoms with Gasteiger partial charge in [0.25, 0.3) is 0 Å². The van der Waals surface area contributed by atoms with Gasteiger partial charge in [-0.2, -0.15) is 0 Å². The van der Waals surface area contributed by atoms with Crippen molar-refractivity contribution in [1.82, 2.24) is 4.90 Å². The van der Waals surface area contributed by atoms with E-state index in [1.165, 1.54) is 23.9 Å². The van der Waals surface area contributed by atoms with Crippen LogP contribution < -0.4 is 4.90 Å². The smallest absolute Gasteiger partial charge is 0.410 e. The van der Waals surface area contributed by atoms with Crippen LogP contribution >= 0.6 is 11.8 Å². The molecule has 2 aliphatic rings. The lowest BCUT2D eigenvalue weighted by atomic mass is 10.1. The molecule has 0 spiro atoms. The number of ether oxygens (including phenoxy) is 4. The van der Waals surface area contributed by atoms with Crippen LogP contribution in [0.3, 0.4) is 0 Å². The molecular formula is C31H39FN2O7S. The fraction of sp³-hybridized carbons (Fsp3) is 0.516. The Morgan fingerprint density at radius 2 is 1.74 bits per heavy atom. The fourth-order valence-electron chi connectivity index (χ4n) is 4.90. The normalized spacial score (nSPS) is 18.9. The van der Waals surface area contributed by atoms with Gasteiger partial charge in [0.15, 0.2) is 0 Å². The number of benzene rings is 2. The van der Waals surface area contributed by atoms with Crippen molar-refractivity contribution in [3.05, 3.63) is 65.0 Å². The third-order valence-electron chi connectivity index (χ3n) is 6.86. The van der Waals surface area contributed by atoms with E-state index >= 15 is 0 Å². The van der Waals surface area contributed by atoms with Gasteiger partial charge < -0.3 is 23.8 Å². The van der Waals surface area contributed by atoms with Gasteiger partial charge >= 0.3 is 12.1 Å². The van der Waals surface area contributed by atoms with Crippen LogP contribution in [-0.4, -0.2) is 79.8 Å². The van der Waals surface area contributed by atoms with E-state index in [-0.39, 0.29) is 42.4 Å². The van der Waals surface area contributed by atoms with Crippen LogP contribution in [0.25, 0.3) is 0 Å². The van der Waals surface area contributed by atoms with Crippen molar-refractivity contribution in [3.8, 4) is 0 Å². The van der Waals surface area contributed by atoms with Gasteiger partial charge in [-0.15, -0.1) is 11.8 Å². The van der Waals surface area contributed by atoms with Gasteiger partial charge in [0.1, 0.15) is 23.4 Å². The molecule has 0 N–H and O–H groups in total. The highest BCUT2D eigenvalue weighted by molar-refractivity contribution is 8.00. The standard InChI is InChI=1S/C31H39FN2O7S/c1-21-18-23(9-12-26(21)34-27(35)20-42-28(34)22-7-10-24(32)11-8-22)29(36)40-17-16-38-14-15-39-19-25-6-5-13-33(25)30(37)41-31(2,3)4/h7-12,18,25,28H,5-6,13-17,19-20H2,1-4H3. The number of anilines is 1. The number of esters is 1. The summed E-state index contributed by atoms with van der Waals surface area (Å²) >= 11 is 1.48. The maximum Gasteiger partial charge on any atom is 0.410 e. The highest BCUT2D eigenvalue weighted by atomic mass is 32.2. The summed E-state index contributed by atoms with van der Waals surface area (Å²) in [4.78, 5) is 41.1. The zero-order valence-corrected chi connectivity index (χ0v) is 25.4. The number of aryl methyl sites for hydroxylation is 1. The zero-order valence-electron chi connectivity index (χ0n) is 24.6. The van der Waals surface area contributed by atoms with E-state index in [0.717, 1.165) is 24.0 Å². The van der Waals surface area contributed by atoms with Gasteiger partial charge in [0, 0.05) is 12.2 Å². The average molecular weight is 603 g/mol. The predicted molar refractivity (Wildman–Crippen MR) is 158 cm³/mol. The van der Waals surface area contributed by atoms with Crippen LogP contribution in [0.15, 0.2) is 42.5 Å². The van der Waals surface area contributed by atoms with Gasteiger partial charge in [-0.1, -0.05) is 12.1 Å². The lowest BCUT2D eigenvalue weighted by molar-refractivity contribution is -0.115. The van der Waals surface area contributed by atoms with Crippen LogP contribution in [0.4, 0.5) is 14.9 Å². The highest BCUT2D eigenvalue weighted by Crippen LogP contribution is 2.43. The summed E-state index contributed by atoms with van der Waals surface area (Å²) in [5, 5.41) is -0.266. The Hall–Kier alpha value is -3.15. The third kappa shape index (κ3) is 8.45. The summed E-state index contributed by atoms with van der Waals surface area (Å²) in [6, 6.07) is 11.2. The molecule has 0 radical (unpaired) electrons. The molecule has 2 amide bonds. The molecule has 2 unspecified atom stereocenters. The first-order valence-corrected chi connectivity index (χ1v) is 15.2. The molecule has 9 nitrogen and oxygen atoms in total. The zero-order chi connectivity index (χ0) is 30.3. The van der Waals surface area contributed by atoms with E-state index < -0.39 is 11.6 Å². The number of carbonyl (C=O) groups is 3. The molecule has 2 fully saturated rings. The second kappa shape index (κ2) is 14.3. The largest absolute Gasteiger partial charge is 0.460 e. The van der Waals surface area contributed by atoms with Crippen LogP contribution in [0, 0.1) is 12.7 Å². The van der Waals surface area contributed by atoms with Crippen LogP contribution in [-0.2, 0) is 23.7 Å². The molecule has 11 heteroatoms. The van der Waals surface area contributed by atoms with Gasteiger partial charge in [-0.05, 0) is 82.0 Å². The Balaban J connectivity index is 1.17.